The maximum Gasteiger partial charge on any atom is 0.280 e. The highest BCUT2D eigenvalue weighted by Gasteiger charge is 2.37. The Hall–Kier alpha value is -2.58. The van der Waals surface area contributed by atoms with Gasteiger partial charge in [-0.1, -0.05) is 35.0 Å². The number of anilines is 1. The van der Waals surface area contributed by atoms with Gasteiger partial charge in [0.05, 0.1) is 0 Å². The third-order valence-electron chi connectivity index (χ3n) is 5.47. The lowest BCUT2D eigenvalue weighted by Crippen LogP contribution is -2.46. The highest BCUT2D eigenvalue weighted by Crippen LogP contribution is 2.35. The van der Waals surface area contributed by atoms with E-state index in [1.807, 2.05) is 49.6 Å². The van der Waals surface area contributed by atoms with Crippen LogP contribution >= 0.6 is 22.9 Å². The molecule has 1 saturated carbocycles. The Morgan fingerprint density at radius 3 is 2.47 bits per heavy atom. The molecular weight excluding hydrogens is 416 g/mol. The van der Waals surface area contributed by atoms with Crippen LogP contribution in [0.4, 0.5) is 5.69 Å². The van der Waals surface area contributed by atoms with Gasteiger partial charge in [0.25, 0.3) is 5.91 Å². The van der Waals surface area contributed by atoms with Crippen molar-refractivity contribution < 1.29 is 9.59 Å². The van der Waals surface area contributed by atoms with E-state index in [9.17, 15) is 9.59 Å². The highest BCUT2D eigenvalue weighted by molar-refractivity contribution is 7.10. The van der Waals surface area contributed by atoms with E-state index >= 15 is 0 Å². The summed E-state index contributed by atoms with van der Waals surface area (Å²) >= 11 is 2.62. The van der Waals surface area contributed by atoms with Crippen LogP contribution in [0.25, 0.3) is 0 Å². The summed E-state index contributed by atoms with van der Waals surface area (Å²) in [5.74, 6) is -0.475. The van der Waals surface area contributed by atoms with Gasteiger partial charge in [-0.2, -0.15) is 0 Å². The fourth-order valence-electron chi connectivity index (χ4n) is 3.84. The van der Waals surface area contributed by atoms with Crippen molar-refractivity contribution in [3.8, 4) is 0 Å². The molecule has 0 radical (unpaired) electrons. The molecule has 156 valence electrons. The van der Waals surface area contributed by atoms with Crippen LogP contribution in [0.5, 0.6) is 0 Å². The van der Waals surface area contributed by atoms with Crippen LogP contribution in [0, 0.1) is 13.8 Å². The number of aromatic nitrogens is 2. The van der Waals surface area contributed by atoms with E-state index in [1.165, 1.54) is 11.3 Å². The molecule has 1 atom stereocenters. The maximum atomic E-state index is 13.6. The number of amides is 2. The fraction of sp³-hybridized carbons (Fsp3) is 0.364. The van der Waals surface area contributed by atoms with Gasteiger partial charge in [0.1, 0.15) is 0 Å². The molecule has 6 nitrogen and oxygen atoms in total. The third kappa shape index (κ3) is 4.29. The lowest BCUT2D eigenvalue weighted by atomic mass is 10.1. The lowest BCUT2D eigenvalue weighted by Gasteiger charge is -2.31. The number of aryl methyl sites for hydroxylation is 2. The van der Waals surface area contributed by atoms with Crippen LogP contribution in [-0.2, 0) is 4.79 Å². The molecule has 1 aliphatic rings. The second-order valence-electron chi connectivity index (χ2n) is 7.66. The summed E-state index contributed by atoms with van der Waals surface area (Å²) in [4.78, 5) is 29.5. The molecule has 1 aromatic carbocycles. The van der Waals surface area contributed by atoms with Gasteiger partial charge in [0.2, 0.25) is 5.91 Å². The van der Waals surface area contributed by atoms with Crippen molar-refractivity contribution in [2.24, 2.45) is 0 Å². The maximum absolute atomic E-state index is 13.6. The smallest absolute Gasteiger partial charge is 0.280 e. The number of rotatable bonds is 6. The summed E-state index contributed by atoms with van der Waals surface area (Å²) < 4.78 is 3.85. The molecule has 0 saturated heterocycles. The van der Waals surface area contributed by atoms with Crippen molar-refractivity contribution in [1.82, 2.24) is 14.9 Å². The molecule has 2 heterocycles. The number of thiophene rings is 1. The number of carbonyl (C=O) groups excluding carboxylic acids is 2. The number of nitrogens with zero attached hydrogens (tertiary/aromatic N) is 3. The standard InChI is InChI=1S/C22H24N4O2S2/c1-14-7-9-17(10-8-14)26(22(28)18-13-30-25-24-18)19(20-15(2)11-12-29-20)21(27)23-16-5-3-4-6-16/h7-13,16,19H,3-6H2,1-2H3,(H,23,27)/t19-/m0/s1. The van der Waals surface area contributed by atoms with Gasteiger partial charge in [0, 0.05) is 22.0 Å². The molecule has 0 bridgehead atoms. The van der Waals surface area contributed by atoms with Gasteiger partial charge < -0.3 is 5.32 Å². The molecule has 8 heteroatoms. The zero-order valence-electron chi connectivity index (χ0n) is 17.0. The first-order valence-electron chi connectivity index (χ1n) is 10.1. The van der Waals surface area contributed by atoms with Crippen molar-refractivity contribution in [2.75, 3.05) is 4.90 Å². The van der Waals surface area contributed by atoms with Crippen molar-refractivity contribution >= 4 is 40.4 Å². The lowest BCUT2D eigenvalue weighted by molar-refractivity contribution is -0.123. The molecule has 2 amide bonds. The predicted octanol–water partition coefficient (Wildman–Crippen LogP) is 4.66. The Balaban J connectivity index is 1.79. The minimum absolute atomic E-state index is 0.149. The highest BCUT2D eigenvalue weighted by atomic mass is 32.1. The Morgan fingerprint density at radius 1 is 1.13 bits per heavy atom. The van der Waals surface area contributed by atoms with Crippen LogP contribution in [0.2, 0.25) is 0 Å². The van der Waals surface area contributed by atoms with Crippen LogP contribution < -0.4 is 10.2 Å². The van der Waals surface area contributed by atoms with E-state index in [0.29, 0.717) is 5.69 Å². The Morgan fingerprint density at radius 2 is 1.87 bits per heavy atom. The first kappa shape index (κ1) is 20.7. The normalized spacial score (nSPS) is 15.1. The Kier molecular flexibility index (Phi) is 6.24. The van der Waals surface area contributed by atoms with Gasteiger partial charge in [-0.3, -0.25) is 14.5 Å². The van der Waals surface area contributed by atoms with Crippen molar-refractivity contribution in [2.45, 2.75) is 51.6 Å². The van der Waals surface area contributed by atoms with Gasteiger partial charge in [-0.15, -0.1) is 16.4 Å². The van der Waals surface area contributed by atoms with E-state index < -0.39 is 6.04 Å². The number of nitrogens with one attached hydrogen (secondary N) is 1. The van der Waals surface area contributed by atoms with Gasteiger partial charge in [-0.25, -0.2) is 0 Å². The van der Waals surface area contributed by atoms with Crippen molar-refractivity contribution in [3.63, 3.8) is 0 Å². The molecule has 1 N–H and O–H groups in total. The minimum atomic E-state index is -0.762. The number of hydrogen-bond acceptors (Lipinski definition) is 6. The molecule has 2 aromatic heterocycles. The molecule has 0 aliphatic heterocycles. The summed E-state index contributed by atoms with van der Waals surface area (Å²) in [7, 11) is 0. The summed E-state index contributed by atoms with van der Waals surface area (Å²) in [5.41, 5.74) is 2.99. The summed E-state index contributed by atoms with van der Waals surface area (Å²) in [5, 5.41) is 10.8. The number of hydrogen-bond donors (Lipinski definition) is 1. The van der Waals surface area contributed by atoms with Crippen LogP contribution in [0.1, 0.15) is 58.2 Å². The van der Waals surface area contributed by atoms with Crippen LogP contribution in [0.3, 0.4) is 0 Å². The quantitative estimate of drug-likeness (QED) is 0.605. The molecule has 0 unspecified atom stereocenters. The first-order valence-corrected chi connectivity index (χ1v) is 11.8. The summed E-state index contributed by atoms with van der Waals surface area (Å²) in [6.45, 7) is 3.97. The van der Waals surface area contributed by atoms with Gasteiger partial charge in [-0.05, 0) is 67.4 Å². The average Bonchev–Trinajstić information content (AvgIpc) is 3.50. The number of benzene rings is 1. The monoisotopic (exact) mass is 440 g/mol. The van der Waals surface area contributed by atoms with E-state index in [1.54, 1.807) is 10.3 Å². The topological polar surface area (TPSA) is 75.2 Å². The van der Waals surface area contributed by atoms with Gasteiger partial charge in [0.15, 0.2) is 11.7 Å². The molecule has 1 fully saturated rings. The Labute approximate surface area is 184 Å². The first-order chi connectivity index (χ1) is 14.5. The number of carbonyl (C=O) groups is 2. The molecule has 1 aliphatic carbocycles. The molecular formula is C22H24N4O2S2. The van der Waals surface area contributed by atoms with Crippen molar-refractivity contribution in [1.29, 1.82) is 0 Å². The molecule has 0 spiro atoms. The Bertz CT molecular complexity index is 1010. The zero-order chi connectivity index (χ0) is 21.1. The van der Waals surface area contributed by atoms with E-state index in [2.05, 4.69) is 14.9 Å². The molecule has 4 rings (SSSR count). The fourth-order valence-corrected chi connectivity index (χ4v) is 5.28. The van der Waals surface area contributed by atoms with Gasteiger partial charge >= 0.3 is 0 Å². The zero-order valence-corrected chi connectivity index (χ0v) is 18.6. The summed E-state index contributed by atoms with van der Waals surface area (Å²) in [6, 6.07) is 9.04. The van der Waals surface area contributed by atoms with E-state index in [4.69, 9.17) is 0 Å². The third-order valence-corrected chi connectivity index (χ3v) is 7.04. The molecule has 3 aromatic rings. The second kappa shape index (κ2) is 9.06. The largest absolute Gasteiger partial charge is 0.351 e. The van der Waals surface area contributed by atoms with Crippen LogP contribution in [0.15, 0.2) is 41.1 Å². The summed E-state index contributed by atoms with van der Waals surface area (Å²) in [6.07, 6.45) is 4.21. The SMILES string of the molecule is Cc1ccc(N(C(=O)c2csnn2)[C@H](C(=O)NC2CCCC2)c2sccc2C)cc1. The van der Waals surface area contributed by atoms with Crippen molar-refractivity contribution in [3.05, 3.63) is 62.8 Å². The second-order valence-corrected chi connectivity index (χ2v) is 9.22. The van der Waals surface area contributed by atoms with Crippen LogP contribution in [-0.4, -0.2) is 27.4 Å². The molecule has 30 heavy (non-hydrogen) atoms. The predicted molar refractivity (Wildman–Crippen MR) is 120 cm³/mol. The average molecular weight is 441 g/mol. The minimum Gasteiger partial charge on any atom is -0.351 e. The van der Waals surface area contributed by atoms with E-state index in [-0.39, 0.29) is 23.6 Å². The van der Waals surface area contributed by atoms with E-state index in [0.717, 1.165) is 53.2 Å².